The lowest BCUT2D eigenvalue weighted by molar-refractivity contribution is -0.121. The quantitative estimate of drug-likeness (QED) is 0.367. The first kappa shape index (κ1) is 20.1. The average Bonchev–Trinajstić information content (AvgIpc) is 2.35. The van der Waals surface area contributed by atoms with Crippen molar-refractivity contribution in [1.82, 2.24) is 5.32 Å². The molecule has 0 spiro atoms. The predicted octanol–water partition coefficient (Wildman–Crippen LogP) is 2.08. The van der Waals surface area contributed by atoms with Crippen molar-refractivity contribution in [3.05, 3.63) is 0 Å². The maximum atomic E-state index is 10.7. The van der Waals surface area contributed by atoms with Crippen LogP contribution in [0.1, 0.15) is 33.6 Å². The van der Waals surface area contributed by atoms with Crippen LogP contribution in [0.5, 0.6) is 0 Å². The molecule has 0 aliphatic rings. The number of rotatable bonds is 10. The SMILES string of the molecule is CCCC(=O)C(C)C.NCCSSCCNC=O. The van der Waals surface area contributed by atoms with Crippen LogP contribution in [0.3, 0.4) is 0 Å². The molecule has 0 aliphatic heterocycles. The summed E-state index contributed by atoms with van der Waals surface area (Å²) in [7, 11) is 3.47. The molecule has 0 saturated heterocycles. The van der Waals surface area contributed by atoms with E-state index in [0.29, 0.717) is 12.2 Å². The van der Waals surface area contributed by atoms with E-state index in [1.807, 2.05) is 20.8 Å². The van der Waals surface area contributed by atoms with E-state index in [-0.39, 0.29) is 5.92 Å². The van der Waals surface area contributed by atoms with Crippen LogP contribution in [0.2, 0.25) is 0 Å². The topological polar surface area (TPSA) is 72.2 Å². The molecule has 4 nitrogen and oxygen atoms in total. The molecule has 1 amide bonds. The van der Waals surface area contributed by atoms with Gasteiger partial charge >= 0.3 is 0 Å². The lowest BCUT2D eigenvalue weighted by Crippen LogP contribution is -2.13. The molecule has 0 unspecified atom stereocenters. The number of amides is 1. The largest absolute Gasteiger partial charge is 0.358 e. The van der Waals surface area contributed by atoms with Crippen LogP contribution in [0.4, 0.5) is 0 Å². The Morgan fingerprint density at radius 3 is 2.33 bits per heavy atom. The molecule has 0 rings (SSSR count). The third-order valence-electron chi connectivity index (χ3n) is 1.84. The van der Waals surface area contributed by atoms with Crippen LogP contribution < -0.4 is 11.1 Å². The third-order valence-corrected chi connectivity index (χ3v) is 4.28. The van der Waals surface area contributed by atoms with Crippen LogP contribution in [0, 0.1) is 5.92 Å². The maximum absolute atomic E-state index is 10.7. The van der Waals surface area contributed by atoms with Crippen LogP contribution in [0.15, 0.2) is 0 Å². The molecule has 0 heterocycles. The summed E-state index contributed by atoms with van der Waals surface area (Å²) in [6.07, 6.45) is 2.45. The van der Waals surface area contributed by atoms with E-state index in [0.717, 1.165) is 37.4 Å². The summed E-state index contributed by atoms with van der Waals surface area (Å²) in [6, 6.07) is 0. The van der Waals surface area contributed by atoms with Crippen LogP contribution in [-0.2, 0) is 9.59 Å². The zero-order chi connectivity index (χ0) is 14.2. The number of Topliss-reactive ketones (excluding diaryl/α,β-unsaturated/α-hetero) is 1. The number of carbonyl (C=O) groups is 2. The second-order valence-corrected chi connectivity index (χ2v) is 6.58. The van der Waals surface area contributed by atoms with Gasteiger partial charge < -0.3 is 11.1 Å². The minimum atomic E-state index is 0.231. The lowest BCUT2D eigenvalue weighted by Gasteiger charge is -1.98. The average molecular weight is 294 g/mol. The van der Waals surface area contributed by atoms with Gasteiger partial charge in [-0.2, -0.15) is 0 Å². The van der Waals surface area contributed by atoms with Crippen molar-refractivity contribution in [2.24, 2.45) is 11.7 Å². The molecule has 0 atom stereocenters. The molecular weight excluding hydrogens is 268 g/mol. The summed E-state index contributed by atoms with van der Waals surface area (Å²) in [5.41, 5.74) is 5.26. The Morgan fingerprint density at radius 1 is 1.33 bits per heavy atom. The fraction of sp³-hybridized carbons (Fsp3) is 0.833. The summed E-state index contributed by atoms with van der Waals surface area (Å²) in [6.45, 7) is 7.38. The van der Waals surface area contributed by atoms with E-state index in [1.165, 1.54) is 0 Å². The van der Waals surface area contributed by atoms with E-state index in [4.69, 9.17) is 5.73 Å². The minimum absolute atomic E-state index is 0.231. The maximum Gasteiger partial charge on any atom is 0.207 e. The standard InChI is InChI=1S/C7H14O.C5H12N2OS2/c1-4-5-7(8)6(2)3;6-1-3-9-10-4-2-7-5-8/h6H,4-5H2,1-3H3;5H,1-4,6H2,(H,7,8). The van der Waals surface area contributed by atoms with E-state index in [9.17, 15) is 9.59 Å². The Kier molecular flexibility index (Phi) is 18.8. The number of ketones is 1. The van der Waals surface area contributed by atoms with Crippen molar-refractivity contribution in [2.45, 2.75) is 33.6 Å². The van der Waals surface area contributed by atoms with Crippen molar-refractivity contribution < 1.29 is 9.59 Å². The van der Waals surface area contributed by atoms with Gasteiger partial charge in [0, 0.05) is 36.9 Å². The third kappa shape index (κ3) is 18.2. The molecule has 3 N–H and O–H groups in total. The molecule has 0 aromatic heterocycles. The summed E-state index contributed by atoms with van der Waals surface area (Å²) < 4.78 is 0. The van der Waals surface area contributed by atoms with Crippen molar-refractivity contribution in [3.63, 3.8) is 0 Å². The van der Waals surface area contributed by atoms with E-state index >= 15 is 0 Å². The summed E-state index contributed by atoms with van der Waals surface area (Å²) in [5.74, 6) is 2.54. The molecule has 18 heavy (non-hydrogen) atoms. The van der Waals surface area contributed by atoms with E-state index in [1.54, 1.807) is 21.6 Å². The molecule has 0 aromatic rings. The predicted molar refractivity (Wildman–Crippen MR) is 82.8 cm³/mol. The molecular formula is C12H26N2O2S2. The van der Waals surface area contributed by atoms with Crippen LogP contribution in [0.25, 0.3) is 0 Å². The highest BCUT2D eigenvalue weighted by Crippen LogP contribution is 2.18. The van der Waals surface area contributed by atoms with Gasteiger partial charge in [0.05, 0.1) is 0 Å². The lowest BCUT2D eigenvalue weighted by atomic mass is 10.1. The van der Waals surface area contributed by atoms with Crippen LogP contribution in [-0.4, -0.2) is 36.8 Å². The Bertz CT molecular complexity index is 203. The normalized spacial score (nSPS) is 9.61. The van der Waals surface area contributed by atoms with Gasteiger partial charge in [0.2, 0.25) is 6.41 Å². The fourth-order valence-electron chi connectivity index (χ4n) is 0.861. The van der Waals surface area contributed by atoms with Crippen LogP contribution >= 0.6 is 21.6 Å². The monoisotopic (exact) mass is 294 g/mol. The Balaban J connectivity index is 0. The van der Waals surface area contributed by atoms with Crippen molar-refractivity contribution in [1.29, 1.82) is 0 Å². The number of hydrogen-bond donors (Lipinski definition) is 2. The minimum Gasteiger partial charge on any atom is -0.358 e. The van der Waals surface area contributed by atoms with Gasteiger partial charge in [0.25, 0.3) is 0 Å². The molecule has 0 bridgehead atoms. The molecule has 6 heteroatoms. The molecule has 0 fully saturated rings. The zero-order valence-electron chi connectivity index (χ0n) is 11.6. The Labute approximate surface area is 119 Å². The number of carbonyl (C=O) groups excluding carboxylic acids is 2. The second-order valence-electron chi connectivity index (χ2n) is 3.88. The number of hydrogen-bond acceptors (Lipinski definition) is 5. The van der Waals surface area contributed by atoms with E-state index in [2.05, 4.69) is 5.32 Å². The van der Waals surface area contributed by atoms with Gasteiger partial charge in [-0.15, -0.1) is 0 Å². The molecule has 0 saturated carbocycles. The summed E-state index contributed by atoms with van der Waals surface area (Å²) in [5, 5.41) is 2.58. The molecule has 0 radical (unpaired) electrons. The molecule has 108 valence electrons. The molecule has 0 aromatic carbocycles. The highest BCUT2D eigenvalue weighted by Gasteiger charge is 2.03. The Morgan fingerprint density at radius 2 is 1.94 bits per heavy atom. The van der Waals surface area contributed by atoms with Crippen molar-refractivity contribution in [2.75, 3.05) is 24.6 Å². The summed E-state index contributed by atoms with van der Waals surface area (Å²) in [4.78, 5) is 20.5. The first-order valence-corrected chi connectivity index (χ1v) is 8.73. The second kappa shape index (κ2) is 16.8. The summed E-state index contributed by atoms with van der Waals surface area (Å²) >= 11 is 0. The molecule has 0 aliphatic carbocycles. The van der Waals surface area contributed by atoms with Crippen molar-refractivity contribution in [3.8, 4) is 0 Å². The Hall–Kier alpha value is -0.200. The highest BCUT2D eigenvalue weighted by atomic mass is 33.1. The van der Waals surface area contributed by atoms with Gasteiger partial charge in [-0.1, -0.05) is 42.4 Å². The smallest absolute Gasteiger partial charge is 0.207 e. The van der Waals surface area contributed by atoms with Crippen molar-refractivity contribution >= 4 is 33.8 Å². The van der Waals surface area contributed by atoms with Gasteiger partial charge in [-0.3, -0.25) is 9.59 Å². The van der Waals surface area contributed by atoms with Gasteiger partial charge in [0.1, 0.15) is 5.78 Å². The van der Waals surface area contributed by atoms with Gasteiger partial charge in [-0.25, -0.2) is 0 Å². The number of nitrogens with one attached hydrogen (secondary N) is 1. The number of nitrogens with two attached hydrogens (primary N) is 1. The first-order chi connectivity index (χ1) is 8.59. The van der Waals surface area contributed by atoms with Gasteiger partial charge in [0.15, 0.2) is 0 Å². The zero-order valence-corrected chi connectivity index (χ0v) is 13.2. The highest BCUT2D eigenvalue weighted by molar-refractivity contribution is 8.76. The van der Waals surface area contributed by atoms with E-state index < -0.39 is 0 Å². The fourth-order valence-corrected chi connectivity index (χ4v) is 2.64. The van der Waals surface area contributed by atoms with Gasteiger partial charge in [-0.05, 0) is 6.42 Å². The first-order valence-electron chi connectivity index (χ1n) is 6.24.